The molecule has 0 atom stereocenters. The van der Waals surface area contributed by atoms with Crippen molar-refractivity contribution in [2.75, 3.05) is 6.54 Å². The highest BCUT2D eigenvalue weighted by Gasteiger charge is 2.11. The zero-order chi connectivity index (χ0) is 6.97. The molecule has 1 aromatic heterocycles. The van der Waals surface area contributed by atoms with E-state index in [9.17, 15) is 0 Å². The number of nitrogens with zero attached hydrogens (tertiary/aromatic N) is 2. The van der Waals surface area contributed by atoms with Crippen LogP contribution in [0.3, 0.4) is 0 Å². The maximum Gasteiger partial charge on any atom is 0.0949 e. The minimum absolute atomic E-state index is 0. The van der Waals surface area contributed by atoms with Crippen molar-refractivity contribution in [2.24, 2.45) is 7.05 Å². The fourth-order valence-corrected chi connectivity index (χ4v) is 1.35. The Hall–Kier alpha value is -0.250. The predicted molar refractivity (Wildman–Crippen MR) is 53.1 cm³/mol. The van der Waals surface area contributed by atoms with E-state index in [-0.39, 0.29) is 24.8 Å². The molecule has 0 unspecified atom stereocenters. The number of aryl methyl sites for hydroxylation is 1. The number of rotatable bonds is 0. The van der Waals surface area contributed by atoms with Gasteiger partial charge in [0.2, 0.25) is 0 Å². The van der Waals surface area contributed by atoms with E-state index in [0.29, 0.717) is 0 Å². The van der Waals surface area contributed by atoms with Crippen molar-refractivity contribution >= 4 is 24.8 Å². The number of aromatic nitrogens is 2. The molecule has 12 heavy (non-hydrogen) atoms. The van der Waals surface area contributed by atoms with Crippen LogP contribution in [0.4, 0.5) is 0 Å². The van der Waals surface area contributed by atoms with Gasteiger partial charge in [-0.1, -0.05) is 0 Å². The molecule has 0 aliphatic carbocycles. The van der Waals surface area contributed by atoms with Crippen molar-refractivity contribution in [1.82, 2.24) is 14.9 Å². The van der Waals surface area contributed by atoms with Gasteiger partial charge in [-0.05, 0) is 0 Å². The lowest BCUT2D eigenvalue weighted by atomic mass is 10.2. The van der Waals surface area contributed by atoms with Crippen LogP contribution in [0.2, 0.25) is 0 Å². The topological polar surface area (TPSA) is 29.9 Å². The van der Waals surface area contributed by atoms with Gasteiger partial charge in [-0.2, -0.15) is 0 Å². The Bertz CT molecular complexity index is 247. The minimum atomic E-state index is 0. The Morgan fingerprint density at radius 2 is 2.25 bits per heavy atom. The average Bonchev–Trinajstić information content (AvgIpc) is 2.34. The van der Waals surface area contributed by atoms with Gasteiger partial charge in [0.1, 0.15) is 0 Å². The van der Waals surface area contributed by atoms with Crippen LogP contribution < -0.4 is 5.32 Å². The highest BCUT2D eigenvalue weighted by molar-refractivity contribution is 5.85. The van der Waals surface area contributed by atoms with Gasteiger partial charge in [0.15, 0.2) is 0 Å². The Balaban J connectivity index is 0.000000605. The number of nitrogens with one attached hydrogen (secondary N) is 1. The summed E-state index contributed by atoms with van der Waals surface area (Å²) in [6.07, 6.45) is 2.97. The molecule has 0 amide bonds. The third kappa shape index (κ3) is 1.91. The van der Waals surface area contributed by atoms with Crippen LogP contribution in [-0.2, 0) is 20.0 Å². The molecule has 1 aromatic rings. The van der Waals surface area contributed by atoms with Crippen molar-refractivity contribution in [2.45, 2.75) is 13.0 Å². The third-order valence-corrected chi connectivity index (χ3v) is 1.98. The normalized spacial score (nSPS) is 14.1. The second kappa shape index (κ2) is 4.70. The SMILES string of the molecule is Cl.Cl.Cn1cnc2c1CNCC2. The molecule has 70 valence electrons. The first-order chi connectivity index (χ1) is 4.88. The van der Waals surface area contributed by atoms with E-state index in [2.05, 4.69) is 14.9 Å². The zero-order valence-electron chi connectivity index (χ0n) is 6.91. The summed E-state index contributed by atoms with van der Waals surface area (Å²) in [4.78, 5) is 4.28. The van der Waals surface area contributed by atoms with Gasteiger partial charge in [0.05, 0.1) is 17.7 Å². The highest BCUT2D eigenvalue weighted by Crippen LogP contribution is 2.09. The molecule has 0 fully saturated rings. The van der Waals surface area contributed by atoms with Gasteiger partial charge in [-0.3, -0.25) is 0 Å². The number of hydrogen-bond donors (Lipinski definition) is 1. The molecule has 1 N–H and O–H groups in total. The van der Waals surface area contributed by atoms with Crippen molar-refractivity contribution in [3.8, 4) is 0 Å². The summed E-state index contributed by atoms with van der Waals surface area (Å²) < 4.78 is 2.08. The van der Waals surface area contributed by atoms with Gasteiger partial charge < -0.3 is 9.88 Å². The summed E-state index contributed by atoms with van der Waals surface area (Å²) in [6.45, 7) is 2.05. The molecular formula is C7H13Cl2N3. The molecule has 1 aliphatic heterocycles. The quantitative estimate of drug-likeness (QED) is 0.689. The van der Waals surface area contributed by atoms with Crippen molar-refractivity contribution in [3.63, 3.8) is 0 Å². The average molecular weight is 210 g/mol. The third-order valence-electron chi connectivity index (χ3n) is 1.98. The highest BCUT2D eigenvalue weighted by atomic mass is 35.5. The first-order valence-electron chi connectivity index (χ1n) is 3.58. The van der Waals surface area contributed by atoms with Gasteiger partial charge >= 0.3 is 0 Å². The van der Waals surface area contributed by atoms with Gasteiger partial charge in [-0.25, -0.2) is 4.98 Å². The molecular weight excluding hydrogens is 197 g/mol. The van der Waals surface area contributed by atoms with E-state index >= 15 is 0 Å². The van der Waals surface area contributed by atoms with Crippen LogP contribution in [-0.4, -0.2) is 16.1 Å². The van der Waals surface area contributed by atoms with Crippen LogP contribution in [0.25, 0.3) is 0 Å². The summed E-state index contributed by atoms with van der Waals surface area (Å²) in [6, 6.07) is 0. The van der Waals surface area contributed by atoms with Crippen molar-refractivity contribution < 1.29 is 0 Å². The Kier molecular flexibility index (Phi) is 4.60. The minimum Gasteiger partial charge on any atom is -0.336 e. The standard InChI is InChI=1S/C7H11N3.2ClH/c1-10-5-9-6-2-3-8-4-7(6)10;;/h5,8H,2-4H2,1H3;2*1H. The lowest BCUT2D eigenvalue weighted by Gasteiger charge is -2.12. The van der Waals surface area contributed by atoms with Crippen LogP contribution in [0.15, 0.2) is 6.33 Å². The predicted octanol–water partition coefficient (Wildman–Crippen LogP) is 0.909. The molecule has 0 radical (unpaired) electrons. The van der Waals surface area contributed by atoms with E-state index in [4.69, 9.17) is 0 Å². The number of halogens is 2. The second-order valence-electron chi connectivity index (χ2n) is 2.68. The van der Waals surface area contributed by atoms with E-state index in [0.717, 1.165) is 19.5 Å². The fraction of sp³-hybridized carbons (Fsp3) is 0.571. The molecule has 0 saturated carbocycles. The van der Waals surface area contributed by atoms with E-state index in [1.807, 2.05) is 13.4 Å². The summed E-state index contributed by atoms with van der Waals surface area (Å²) >= 11 is 0. The molecule has 0 bridgehead atoms. The van der Waals surface area contributed by atoms with E-state index in [1.54, 1.807) is 0 Å². The first-order valence-corrected chi connectivity index (χ1v) is 3.58. The van der Waals surface area contributed by atoms with Crippen LogP contribution in [0, 0.1) is 0 Å². The van der Waals surface area contributed by atoms with Crippen LogP contribution >= 0.6 is 24.8 Å². The lowest BCUT2D eigenvalue weighted by molar-refractivity contribution is 0.606. The monoisotopic (exact) mass is 209 g/mol. The largest absolute Gasteiger partial charge is 0.336 e. The number of hydrogen-bond acceptors (Lipinski definition) is 2. The molecule has 0 aromatic carbocycles. The van der Waals surface area contributed by atoms with Gasteiger partial charge in [0.25, 0.3) is 0 Å². The number of imidazole rings is 1. The summed E-state index contributed by atoms with van der Waals surface area (Å²) in [5.41, 5.74) is 2.60. The Morgan fingerprint density at radius 3 is 2.92 bits per heavy atom. The zero-order valence-corrected chi connectivity index (χ0v) is 8.54. The molecule has 0 saturated heterocycles. The maximum absolute atomic E-state index is 4.28. The van der Waals surface area contributed by atoms with E-state index in [1.165, 1.54) is 11.4 Å². The van der Waals surface area contributed by atoms with Gasteiger partial charge in [-0.15, -0.1) is 24.8 Å². The second-order valence-corrected chi connectivity index (χ2v) is 2.68. The molecule has 2 rings (SSSR count). The lowest BCUT2D eigenvalue weighted by Crippen LogP contribution is -2.24. The van der Waals surface area contributed by atoms with Gasteiger partial charge in [0, 0.05) is 26.6 Å². The van der Waals surface area contributed by atoms with E-state index < -0.39 is 0 Å². The Labute approximate surface area is 84.4 Å². The smallest absolute Gasteiger partial charge is 0.0949 e. The summed E-state index contributed by atoms with van der Waals surface area (Å²) in [5, 5.41) is 3.31. The summed E-state index contributed by atoms with van der Waals surface area (Å²) in [7, 11) is 2.04. The Morgan fingerprint density at radius 1 is 1.50 bits per heavy atom. The number of fused-ring (bicyclic) bond motifs is 1. The van der Waals surface area contributed by atoms with Crippen molar-refractivity contribution in [3.05, 3.63) is 17.7 Å². The molecule has 2 heterocycles. The van der Waals surface area contributed by atoms with Crippen LogP contribution in [0.5, 0.6) is 0 Å². The summed E-state index contributed by atoms with van der Waals surface area (Å²) in [5.74, 6) is 0. The maximum atomic E-state index is 4.28. The molecule has 0 spiro atoms. The molecule has 5 heteroatoms. The van der Waals surface area contributed by atoms with Crippen LogP contribution in [0.1, 0.15) is 11.4 Å². The first kappa shape index (κ1) is 11.8. The molecule has 3 nitrogen and oxygen atoms in total. The molecule has 1 aliphatic rings. The fourth-order valence-electron chi connectivity index (χ4n) is 1.35. The van der Waals surface area contributed by atoms with Crippen molar-refractivity contribution in [1.29, 1.82) is 0 Å².